The molecule has 1 heterocycles. The second-order valence-electron chi connectivity index (χ2n) is 4.04. The molecular weight excluding hydrogens is 256 g/mol. The third-order valence-corrected chi connectivity index (χ3v) is 3.86. The number of benzene rings is 2. The van der Waals surface area contributed by atoms with Gasteiger partial charge in [-0.2, -0.15) is 0 Å². The lowest BCUT2D eigenvalue weighted by Gasteiger charge is -1.92. The van der Waals surface area contributed by atoms with Gasteiger partial charge in [0.25, 0.3) is 0 Å². The van der Waals surface area contributed by atoms with Crippen LogP contribution in [0.5, 0.6) is 0 Å². The Balaban J connectivity index is 1.98. The maximum atomic E-state index is 4.18. The molecule has 5 heteroatoms. The van der Waals surface area contributed by atoms with Crippen molar-refractivity contribution in [1.29, 1.82) is 0 Å². The average molecular weight is 268 g/mol. The maximum Gasteiger partial charge on any atom is 0.213 e. The molecule has 0 aliphatic rings. The number of aryl methyl sites for hydroxylation is 1. The van der Waals surface area contributed by atoms with Gasteiger partial charge in [-0.1, -0.05) is 41.7 Å². The number of hydrogen-bond acceptors (Lipinski definition) is 3. The molecule has 19 heavy (non-hydrogen) atoms. The predicted octanol–water partition coefficient (Wildman–Crippen LogP) is 3.84. The smallest absolute Gasteiger partial charge is 0.213 e. The summed E-state index contributed by atoms with van der Waals surface area (Å²) in [4.78, 5) is 0.834. The quantitative estimate of drug-likeness (QED) is 0.500. The molecule has 0 fully saturated rings. The maximum absolute atomic E-state index is 4.18. The molecule has 3 aromatic rings. The summed E-state index contributed by atoms with van der Waals surface area (Å²) in [6, 6.07) is 17.8. The van der Waals surface area contributed by atoms with Crippen LogP contribution in [0.25, 0.3) is 10.2 Å². The number of fused-ring (bicyclic) bond motifs is 1. The Morgan fingerprint density at radius 1 is 0.947 bits per heavy atom. The third-order valence-electron chi connectivity index (χ3n) is 2.76. The Kier molecular flexibility index (Phi) is 3.20. The first-order valence-corrected chi connectivity index (χ1v) is 6.70. The van der Waals surface area contributed by atoms with Gasteiger partial charge in [-0.05, 0) is 29.5 Å². The summed E-state index contributed by atoms with van der Waals surface area (Å²) < 4.78 is 3.21. The summed E-state index contributed by atoms with van der Waals surface area (Å²) in [5.41, 5.74) is 1.95. The molecule has 0 saturated heterocycles. The van der Waals surface area contributed by atoms with E-state index < -0.39 is 0 Å². The van der Waals surface area contributed by atoms with Gasteiger partial charge in [-0.25, -0.2) is 0 Å². The lowest BCUT2D eigenvalue weighted by atomic mass is 10.3. The van der Waals surface area contributed by atoms with E-state index >= 15 is 0 Å². The van der Waals surface area contributed by atoms with Crippen LogP contribution in [-0.2, 0) is 7.05 Å². The molecule has 0 unspecified atom stereocenters. The van der Waals surface area contributed by atoms with Crippen molar-refractivity contribution in [2.75, 3.05) is 0 Å². The zero-order valence-electron chi connectivity index (χ0n) is 10.4. The average Bonchev–Trinajstić information content (AvgIpc) is 2.78. The van der Waals surface area contributed by atoms with Gasteiger partial charge in [-0.3, -0.25) is 0 Å². The Labute approximate surface area is 114 Å². The van der Waals surface area contributed by atoms with Crippen molar-refractivity contribution in [2.24, 2.45) is 22.5 Å². The highest BCUT2D eigenvalue weighted by atomic mass is 32.1. The highest BCUT2D eigenvalue weighted by Crippen LogP contribution is 2.15. The summed E-state index contributed by atoms with van der Waals surface area (Å²) in [6.07, 6.45) is 0. The van der Waals surface area contributed by atoms with Gasteiger partial charge in [0.15, 0.2) is 0 Å². The number of nitrogens with zero attached hydrogens (tertiary/aromatic N) is 4. The Morgan fingerprint density at radius 2 is 1.68 bits per heavy atom. The van der Waals surface area contributed by atoms with E-state index in [1.54, 1.807) is 11.3 Å². The summed E-state index contributed by atoms with van der Waals surface area (Å²) >= 11 is 1.60. The molecule has 1 aromatic heterocycles. The lowest BCUT2D eigenvalue weighted by Crippen LogP contribution is -2.08. The van der Waals surface area contributed by atoms with E-state index in [4.69, 9.17) is 0 Å². The Morgan fingerprint density at radius 3 is 2.47 bits per heavy atom. The fourth-order valence-electron chi connectivity index (χ4n) is 1.78. The molecule has 0 radical (unpaired) electrons. The van der Waals surface area contributed by atoms with Crippen molar-refractivity contribution in [1.82, 2.24) is 4.57 Å². The highest BCUT2D eigenvalue weighted by Gasteiger charge is 2.00. The molecule has 0 saturated carbocycles. The van der Waals surface area contributed by atoms with E-state index in [0.29, 0.717) is 0 Å². The highest BCUT2D eigenvalue weighted by molar-refractivity contribution is 7.16. The Bertz CT molecular complexity index is 784. The molecule has 0 N–H and O–H groups in total. The van der Waals surface area contributed by atoms with E-state index in [-0.39, 0.29) is 0 Å². The summed E-state index contributed by atoms with van der Waals surface area (Å²) in [5, 5.41) is 12.2. The fraction of sp³-hybridized carbons (Fsp3) is 0.0714. The molecule has 0 spiro atoms. The van der Waals surface area contributed by atoms with E-state index in [1.807, 2.05) is 54.1 Å². The number of thiazole rings is 1. The van der Waals surface area contributed by atoms with Gasteiger partial charge in [-0.15, -0.1) is 10.2 Å². The van der Waals surface area contributed by atoms with Crippen molar-refractivity contribution in [3.63, 3.8) is 0 Å². The van der Waals surface area contributed by atoms with E-state index in [9.17, 15) is 0 Å². The van der Waals surface area contributed by atoms with Crippen LogP contribution in [0.15, 0.2) is 70.0 Å². The number of aromatic nitrogens is 1. The molecule has 2 aromatic carbocycles. The minimum absolute atomic E-state index is 0.801. The van der Waals surface area contributed by atoms with Crippen molar-refractivity contribution < 1.29 is 0 Å². The molecule has 0 atom stereocenters. The van der Waals surface area contributed by atoms with E-state index in [0.717, 1.165) is 16.0 Å². The van der Waals surface area contributed by atoms with Gasteiger partial charge >= 0.3 is 0 Å². The topological polar surface area (TPSA) is 42.0 Å². The van der Waals surface area contributed by atoms with Gasteiger partial charge in [0, 0.05) is 7.05 Å². The number of rotatable bonds is 2. The molecule has 0 aliphatic heterocycles. The molecule has 0 aliphatic carbocycles. The summed E-state index contributed by atoms with van der Waals surface area (Å²) in [7, 11) is 1.98. The van der Waals surface area contributed by atoms with Crippen molar-refractivity contribution in [3.8, 4) is 0 Å². The molecule has 4 nitrogen and oxygen atoms in total. The van der Waals surface area contributed by atoms with Crippen molar-refractivity contribution in [3.05, 3.63) is 59.4 Å². The van der Waals surface area contributed by atoms with Crippen LogP contribution in [-0.4, -0.2) is 4.57 Å². The van der Waals surface area contributed by atoms with E-state index in [2.05, 4.69) is 27.6 Å². The van der Waals surface area contributed by atoms with Crippen LogP contribution in [0.4, 0.5) is 5.69 Å². The van der Waals surface area contributed by atoms with Crippen LogP contribution < -0.4 is 4.80 Å². The van der Waals surface area contributed by atoms with Crippen LogP contribution in [0.2, 0.25) is 0 Å². The Hall–Kier alpha value is -2.27. The van der Waals surface area contributed by atoms with Crippen LogP contribution in [0, 0.1) is 0 Å². The molecule has 3 rings (SSSR count). The second kappa shape index (κ2) is 5.16. The minimum atomic E-state index is 0.801. The molecule has 94 valence electrons. The van der Waals surface area contributed by atoms with Crippen molar-refractivity contribution in [2.45, 2.75) is 0 Å². The number of para-hydroxylation sites is 1. The zero-order valence-corrected chi connectivity index (χ0v) is 11.2. The first-order chi connectivity index (χ1) is 9.34. The van der Waals surface area contributed by atoms with Gasteiger partial charge in [0.1, 0.15) is 0 Å². The van der Waals surface area contributed by atoms with Crippen molar-refractivity contribution >= 4 is 27.2 Å². The fourth-order valence-corrected chi connectivity index (χ4v) is 2.75. The minimum Gasteiger partial charge on any atom is -0.318 e. The predicted molar refractivity (Wildman–Crippen MR) is 77.3 cm³/mol. The SMILES string of the molecule is Cn1/c(=N\N=Nc2ccccc2)sc2ccccc21. The largest absolute Gasteiger partial charge is 0.318 e. The van der Waals surface area contributed by atoms with Crippen LogP contribution in [0.1, 0.15) is 0 Å². The zero-order chi connectivity index (χ0) is 13.1. The second-order valence-corrected chi connectivity index (χ2v) is 5.05. The monoisotopic (exact) mass is 268 g/mol. The first-order valence-electron chi connectivity index (χ1n) is 5.89. The van der Waals surface area contributed by atoms with Gasteiger partial charge in [0.2, 0.25) is 4.80 Å². The first kappa shape index (κ1) is 11.8. The normalized spacial score (nSPS) is 12.6. The third kappa shape index (κ3) is 2.46. The van der Waals surface area contributed by atoms with Gasteiger partial charge in [0.05, 0.1) is 15.9 Å². The molecule has 0 bridgehead atoms. The molecule has 0 amide bonds. The van der Waals surface area contributed by atoms with Gasteiger partial charge < -0.3 is 4.57 Å². The summed E-state index contributed by atoms with van der Waals surface area (Å²) in [6.45, 7) is 0. The number of hydrogen-bond donors (Lipinski definition) is 0. The van der Waals surface area contributed by atoms with Crippen LogP contribution >= 0.6 is 11.3 Å². The van der Waals surface area contributed by atoms with Crippen LogP contribution in [0.3, 0.4) is 0 Å². The van der Waals surface area contributed by atoms with E-state index in [1.165, 1.54) is 4.70 Å². The lowest BCUT2D eigenvalue weighted by molar-refractivity contribution is 0.868. The standard InChI is InChI=1S/C14H12N4S/c1-18-12-9-5-6-10-13(12)19-14(18)16-17-15-11-7-3-2-4-8-11/h2-10H,1H3/b16-14+,17-15?. The summed E-state index contributed by atoms with van der Waals surface area (Å²) in [5.74, 6) is 0. The molecular formula is C14H12N4S.